The van der Waals surface area contributed by atoms with Crippen LogP contribution in [0.2, 0.25) is 5.02 Å². The lowest BCUT2D eigenvalue weighted by Crippen LogP contribution is -2.46. The largest absolute Gasteiger partial charge is 0.508 e. The summed E-state index contributed by atoms with van der Waals surface area (Å²) in [5.41, 5.74) is -3.72. The van der Waals surface area contributed by atoms with E-state index in [1.165, 1.54) is 32.3 Å². The molecule has 2 N–H and O–H groups in total. The Bertz CT molecular complexity index is 1080. The molecule has 0 saturated heterocycles. The standard InChI is InChI=1S/C18H18ClF3N2O4S/c1-10(13-6-5-12(25)9-14(13)19)17(26,18(20,21)22)11-4-7-15-16(8-11)24(3)29(27,28)23(15)2/h4-10,25-26H,1-3H3. The molecule has 0 aromatic heterocycles. The molecule has 0 spiro atoms. The zero-order valence-corrected chi connectivity index (χ0v) is 17.1. The van der Waals surface area contributed by atoms with Crippen LogP contribution in [-0.4, -0.2) is 38.9 Å². The first-order valence-electron chi connectivity index (χ1n) is 8.37. The molecule has 0 fully saturated rings. The van der Waals surface area contributed by atoms with E-state index in [1.54, 1.807) is 0 Å². The van der Waals surface area contributed by atoms with Crippen molar-refractivity contribution in [3.8, 4) is 5.75 Å². The highest BCUT2D eigenvalue weighted by molar-refractivity contribution is 7.94. The first kappa shape index (κ1) is 21.5. The van der Waals surface area contributed by atoms with Gasteiger partial charge in [0, 0.05) is 25.0 Å². The summed E-state index contributed by atoms with van der Waals surface area (Å²) in [4.78, 5) is 0. The molecule has 158 valence electrons. The number of aliphatic hydroxyl groups is 1. The van der Waals surface area contributed by atoms with Gasteiger partial charge in [0.25, 0.3) is 0 Å². The predicted octanol–water partition coefficient (Wildman–Crippen LogP) is 3.73. The molecule has 1 heterocycles. The molecular formula is C18H18ClF3N2O4S. The van der Waals surface area contributed by atoms with Crippen LogP contribution in [0, 0.1) is 0 Å². The van der Waals surface area contributed by atoms with Crippen LogP contribution >= 0.6 is 11.6 Å². The molecule has 0 saturated carbocycles. The maximum Gasteiger partial charge on any atom is 0.422 e. The number of phenolic OH excluding ortho intramolecular Hbond substituents is 1. The van der Waals surface area contributed by atoms with Gasteiger partial charge in [-0.05, 0) is 35.4 Å². The van der Waals surface area contributed by atoms with Gasteiger partial charge in [-0.3, -0.25) is 8.61 Å². The maximum absolute atomic E-state index is 14.1. The van der Waals surface area contributed by atoms with E-state index in [0.29, 0.717) is 0 Å². The summed E-state index contributed by atoms with van der Waals surface area (Å²) in [6.45, 7) is 1.16. The number of hydrogen-bond acceptors (Lipinski definition) is 4. The summed E-state index contributed by atoms with van der Waals surface area (Å²) in [5, 5.41) is 20.3. The normalized spacial score (nSPS) is 19.0. The summed E-state index contributed by atoms with van der Waals surface area (Å²) < 4.78 is 68.7. The van der Waals surface area contributed by atoms with E-state index in [-0.39, 0.29) is 27.7 Å². The van der Waals surface area contributed by atoms with Gasteiger partial charge in [-0.15, -0.1) is 0 Å². The third-order valence-electron chi connectivity index (χ3n) is 5.30. The Morgan fingerprint density at radius 1 is 1.03 bits per heavy atom. The molecule has 1 aliphatic heterocycles. The summed E-state index contributed by atoms with van der Waals surface area (Å²) in [7, 11) is -1.39. The molecule has 2 aromatic rings. The minimum Gasteiger partial charge on any atom is -0.508 e. The van der Waals surface area contributed by atoms with Crippen molar-refractivity contribution < 1.29 is 31.8 Å². The highest BCUT2D eigenvalue weighted by atomic mass is 35.5. The number of nitrogens with zero attached hydrogens (tertiary/aromatic N) is 2. The van der Waals surface area contributed by atoms with Gasteiger partial charge in [-0.2, -0.15) is 21.6 Å². The second kappa shape index (κ2) is 6.68. The lowest BCUT2D eigenvalue weighted by Gasteiger charge is -2.37. The fourth-order valence-electron chi connectivity index (χ4n) is 3.46. The third kappa shape index (κ3) is 3.10. The van der Waals surface area contributed by atoms with Crippen molar-refractivity contribution >= 4 is 33.2 Å². The lowest BCUT2D eigenvalue weighted by molar-refractivity contribution is -0.274. The van der Waals surface area contributed by atoms with E-state index < -0.39 is 33.5 Å². The average Bonchev–Trinajstić information content (AvgIpc) is 2.80. The Hall–Kier alpha value is -2.17. The van der Waals surface area contributed by atoms with Gasteiger partial charge >= 0.3 is 16.4 Å². The van der Waals surface area contributed by atoms with Crippen LogP contribution in [0.1, 0.15) is 24.0 Å². The Labute approximate surface area is 170 Å². The van der Waals surface area contributed by atoms with E-state index >= 15 is 0 Å². The monoisotopic (exact) mass is 450 g/mol. The van der Waals surface area contributed by atoms with Crippen LogP contribution in [0.15, 0.2) is 36.4 Å². The van der Waals surface area contributed by atoms with Crippen molar-refractivity contribution in [2.24, 2.45) is 0 Å². The Kier molecular flexibility index (Phi) is 4.96. The van der Waals surface area contributed by atoms with Gasteiger partial charge in [-0.1, -0.05) is 30.7 Å². The number of halogens is 4. The van der Waals surface area contributed by atoms with Crippen molar-refractivity contribution in [2.75, 3.05) is 22.7 Å². The minimum absolute atomic E-state index is 0.0108. The number of hydrogen-bond donors (Lipinski definition) is 2. The van der Waals surface area contributed by atoms with Gasteiger partial charge < -0.3 is 10.2 Å². The molecule has 0 aliphatic carbocycles. The van der Waals surface area contributed by atoms with Crippen molar-refractivity contribution in [3.63, 3.8) is 0 Å². The van der Waals surface area contributed by atoms with Crippen LogP contribution in [0.25, 0.3) is 0 Å². The maximum atomic E-state index is 14.1. The Morgan fingerprint density at radius 3 is 2.17 bits per heavy atom. The Morgan fingerprint density at radius 2 is 1.62 bits per heavy atom. The molecule has 0 bridgehead atoms. The minimum atomic E-state index is -5.11. The van der Waals surface area contributed by atoms with Crippen molar-refractivity contribution in [3.05, 3.63) is 52.5 Å². The van der Waals surface area contributed by atoms with E-state index in [1.807, 2.05) is 0 Å². The molecule has 6 nitrogen and oxygen atoms in total. The highest BCUT2D eigenvalue weighted by Crippen LogP contribution is 2.52. The molecule has 2 aromatic carbocycles. The van der Waals surface area contributed by atoms with E-state index in [9.17, 15) is 31.8 Å². The summed E-state index contributed by atoms with van der Waals surface area (Å²) in [6, 6.07) is 6.73. The number of fused-ring (bicyclic) bond motifs is 1. The summed E-state index contributed by atoms with van der Waals surface area (Å²) in [5.74, 6) is -1.79. The fourth-order valence-corrected chi connectivity index (χ4v) is 4.97. The van der Waals surface area contributed by atoms with Crippen LogP contribution in [0.4, 0.5) is 24.5 Å². The van der Waals surface area contributed by atoms with Gasteiger partial charge in [-0.25, -0.2) is 0 Å². The van der Waals surface area contributed by atoms with Crippen LogP contribution < -0.4 is 8.61 Å². The number of alkyl halides is 3. The summed E-state index contributed by atoms with van der Waals surface area (Å²) in [6.07, 6.45) is -5.11. The smallest absolute Gasteiger partial charge is 0.422 e. The molecule has 0 amide bonds. The molecule has 2 unspecified atom stereocenters. The van der Waals surface area contributed by atoms with Crippen LogP contribution in [-0.2, 0) is 15.8 Å². The highest BCUT2D eigenvalue weighted by Gasteiger charge is 2.59. The van der Waals surface area contributed by atoms with Crippen molar-refractivity contribution in [2.45, 2.75) is 24.6 Å². The zero-order chi connectivity index (χ0) is 21.9. The van der Waals surface area contributed by atoms with Gasteiger partial charge in [0.15, 0.2) is 5.60 Å². The number of phenols is 1. The number of benzene rings is 2. The van der Waals surface area contributed by atoms with E-state index in [0.717, 1.165) is 33.7 Å². The van der Waals surface area contributed by atoms with Crippen LogP contribution in [0.5, 0.6) is 5.75 Å². The average molecular weight is 451 g/mol. The molecule has 29 heavy (non-hydrogen) atoms. The van der Waals surface area contributed by atoms with Crippen LogP contribution in [0.3, 0.4) is 0 Å². The number of aromatic hydroxyl groups is 1. The predicted molar refractivity (Wildman–Crippen MR) is 104 cm³/mol. The third-order valence-corrected chi connectivity index (χ3v) is 7.40. The molecular weight excluding hydrogens is 433 g/mol. The second-order valence-corrected chi connectivity index (χ2v) is 9.24. The number of rotatable bonds is 3. The number of anilines is 2. The molecule has 11 heteroatoms. The molecule has 0 radical (unpaired) electrons. The zero-order valence-electron chi connectivity index (χ0n) is 15.6. The topological polar surface area (TPSA) is 81.1 Å². The van der Waals surface area contributed by atoms with Gasteiger partial charge in [0.2, 0.25) is 0 Å². The SMILES string of the molecule is CC(c1ccc(O)cc1Cl)C(O)(c1ccc2c(c1)N(C)S(=O)(=O)N2C)C(F)(F)F. The van der Waals surface area contributed by atoms with Crippen molar-refractivity contribution in [1.82, 2.24) is 0 Å². The Balaban J connectivity index is 2.20. The van der Waals surface area contributed by atoms with Gasteiger partial charge in [0.05, 0.1) is 11.4 Å². The van der Waals surface area contributed by atoms with Crippen molar-refractivity contribution in [1.29, 1.82) is 0 Å². The first-order chi connectivity index (χ1) is 13.2. The van der Waals surface area contributed by atoms with Gasteiger partial charge in [0.1, 0.15) is 5.75 Å². The lowest BCUT2D eigenvalue weighted by atomic mass is 9.77. The fraction of sp³-hybridized carbons (Fsp3) is 0.333. The van der Waals surface area contributed by atoms with E-state index in [4.69, 9.17) is 11.6 Å². The second-order valence-electron chi connectivity index (χ2n) is 6.84. The first-order valence-corrected chi connectivity index (χ1v) is 10.1. The molecule has 2 atom stereocenters. The quantitative estimate of drug-likeness (QED) is 0.746. The van der Waals surface area contributed by atoms with E-state index in [2.05, 4.69) is 0 Å². The molecule has 1 aliphatic rings. The molecule has 3 rings (SSSR count). The summed E-state index contributed by atoms with van der Waals surface area (Å²) >= 11 is 6.01.